The maximum Gasteiger partial charge on any atom is 0.323 e. The summed E-state index contributed by atoms with van der Waals surface area (Å²) in [4.78, 5) is 11.2. The number of hydrogen-bond donors (Lipinski definition) is 2. The van der Waals surface area contributed by atoms with E-state index in [1.807, 2.05) is 0 Å². The van der Waals surface area contributed by atoms with Crippen LogP contribution in [0.4, 0.5) is 0 Å². The second kappa shape index (κ2) is 6.33. The van der Waals surface area contributed by atoms with E-state index in [0.29, 0.717) is 6.42 Å². The number of aliphatic carboxylic acids is 1. The van der Waals surface area contributed by atoms with Crippen LogP contribution in [0.15, 0.2) is 0 Å². The summed E-state index contributed by atoms with van der Waals surface area (Å²) in [5, 5.41) is 9.19. The predicted molar refractivity (Wildman–Crippen MR) is 63.3 cm³/mol. The molecule has 1 aliphatic rings. The molecule has 1 aliphatic carbocycles. The van der Waals surface area contributed by atoms with Crippen molar-refractivity contribution in [2.45, 2.75) is 57.4 Å². The van der Waals surface area contributed by atoms with Crippen molar-refractivity contribution >= 4 is 18.4 Å². The standard InChI is InChI=1S/C11H21NO2.ClH/c1-2-3-8-11(12,10(13)14)9-6-4-5-7-9;/h9H,2-8,12H2,1H3,(H,13,14);1H. The summed E-state index contributed by atoms with van der Waals surface area (Å²) in [5.74, 6) is -0.607. The largest absolute Gasteiger partial charge is 0.480 e. The summed E-state index contributed by atoms with van der Waals surface area (Å²) in [5.41, 5.74) is 5.08. The predicted octanol–water partition coefficient (Wildman–Crippen LogP) is 2.57. The van der Waals surface area contributed by atoms with E-state index in [2.05, 4.69) is 6.92 Å². The van der Waals surface area contributed by atoms with Gasteiger partial charge in [-0.3, -0.25) is 4.79 Å². The zero-order valence-electron chi connectivity index (χ0n) is 9.37. The van der Waals surface area contributed by atoms with E-state index in [-0.39, 0.29) is 18.3 Å². The fraction of sp³-hybridized carbons (Fsp3) is 0.909. The van der Waals surface area contributed by atoms with Gasteiger partial charge in [0.25, 0.3) is 0 Å². The molecule has 0 aliphatic heterocycles. The number of carbonyl (C=O) groups is 1. The van der Waals surface area contributed by atoms with Crippen molar-refractivity contribution in [2.24, 2.45) is 11.7 Å². The van der Waals surface area contributed by atoms with Gasteiger partial charge in [-0.05, 0) is 25.2 Å². The minimum Gasteiger partial charge on any atom is -0.480 e. The van der Waals surface area contributed by atoms with Gasteiger partial charge in [-0.1, -0.05) is 32.6 Å². The number of carboxylic acids is 1. The third kappa shape index (κ3) is 3.35. The Bertz CT molecular complexity index is 205. The Labute approximate surface area is 97.8 Å². The van der Waals surface area contributed by atoms with Crippen LogP contribution in [0.5, 0.6) is 0 Å². The van der Waals surface area contributed by atoms with Crippen LogP contribution in [0, 0.1) is 5.92 Å². The normalized spacial score (nSPS) is 20.7. The highest BCUT2D eigenvalue weighted by molar-refractivity contribution is 5.85. The van der Waals surface area contributed by atoms with Gasteiger partial charge in [0, 0.05) is 0 Å². The molecule has 0 radical (unpaired) electrons. The van der Waals surface area contributed by atoms with Crippen LogP contribution in [0.25, 0.3) is 0 Å². The van der Waals surface area contributed by atoms with Crippen LogP contribution in [0.2, 0.25) is 0 Å². The first kappa shape index (κ1) is 14.7. The molecule has 1 saturated carbocycles. The van der Waals surface area contributed by atoms with E-state index in [1.54, 1.807) is 0 Å². The molecule has 1 fully saturated rings. The summed E-state index contributed by atoms with van der Waals surface area (Å²) < 4.78 is 0. The third-order valence-electron chi connectivity index (χ3n) is 3.43. The molecule has 3 nitrogen and oxygen atoms in total. The van der Waals surface area contributed by atoms with Gasteiger partial charge in [-0.2, -0.15) is 0 Å². The fourth-order valence-corrected chi connectivity index (χ4v) is 2.40. The Balaban J connectivity index is 0.00000196. The zero-order valence-corrected chi connectivity index (χ0v) is 10.2. The molecule has 0 bridgehead atoms. The van der Waals surface area contributed by atoms with Crippen LogP contribution in [-0.4, -0.2) is 16.6 Å². The van der Waals surface area contributed by atoms with Crippen molar-refractivity contribution in [2.75, 3.05) is 0 Å². The second-order valence-corrected chi connectivity index (χ2v) is 4.43. The first-order chi connectivity index (χ1) is 6.61. The van der Waals surface area contributed by atoms with Crippen molar-refractivity contribution in [3.63, 3.8) is 0 Å². The molecule has 1 unspecified atom stereocenters. The van der Waals surface area contributed by atoms with Gasteiger partial charge in [0.15, 0.2) is 0 Å². The maximum absolute atomic E-state index is 11.2. The van der Waals surface area contributed by atoms with Gasteiger partial charge in [-0.15, -0.1) is 12.4 Å². The number of halogens is 1. The minimum absolute atomic E-state index is 0. The number of unbranched alkanes of at least 4 members (excludes halogenated alkanes) is 1. The van der Waals surface area contributed by atoms with Gasteiger partial charge in [0.1, 0.15) is 5.54 Å². The maximum atomic E-state index is 11.2. The first-order valence-corrected chi connectivity index (χ1v) is 5.63. The van der Waals surface area contributed by atoms with Crippen molar-refractivity contribution in [3.05, 3.63) is 0 Å². The Hall–Kier alpha value is -0.280. The molecule has 15 heavy (non-hydrogen) atoms. The lowest BCUT2D eigenvalue weighted by molar-refractivity contribution is -0.146. The average Bonchev–Trinajstić information content (AvgIpc) is 2.66. The molecule has 90 valence electrons. The fourth-order valence-electron chi connectivity index (χ4n) is 2.40. The van der Waals surface area contributed by atoms with Crippen LogP contribution in [0.1, 0.15) is 51.9 Å². The molecule has 1 atom stereocenters. The third-order valence-corrected chi connectivity index (χ3v) is 3.43. The quantitative estimate of drug-likeness (QED) is 0.770. The van der Waals surface area contributed by atoms with Crippen molar-refractivity contribution in [1.29, 1.82) is 0 Å². The number of hydrogen-bond acceptors (Lipinski definition) is 2. The van der Waals surface area contributed by atoms with E-state index in [9.17, 15) is 9.90 Å². The lowest BCUT2D eigenvalue weighted by atomic mass is 9.79. The number of rotatable bonds is 5. The smallest absolute Gasteiger partial charge is 0.323 e. The van der Waals surface area contributed by atoms with Crippen LogP contribution >= 0.6 is 12.4 Å². The van der Waals surface area contributed by atoms with Crippen LogP contribution < -0.4 is 5.73 Å². The molecule has 0 spiro atoms. The van der Waals surface area contributed by atoms with Crippen molar-refractivity contribution in [3.8, 4) is 0 Å². The minimum atomic E-state index is -0.952. The zero-order chi connectivity index (χ0) is 10.6. The van der Waals surface area contributed by atoms with Gasteiger partial charge in [0.05, 0.1) is 0 Å². The highest BCUT2D eigenvalue weighted by Gasteiger charge is 2.42. The van der Waals surface area contributed by atoms with E-state index in [0.717, 1.165) is 38.5 Å². The number of carboxylic acid groups (broad SMARTS) is 1. The molecule has 0 amide bonds. The van der Waals surface area contributed by atoms with E-state index < -0.39 is 11.5 Å². The summed E-state index contributed by atoms with van der Waals surface area (Å²) in [6.07, 6.45) is 6.83. The van der Waals surface area contributed by atoms with Gasteiger partial charge in [-0.25, -0.2) is 0 Å². The van der Waals surface area contributed by atoms with Gasteiger partial charge in [0.2, 0.25) is 0 Å². The summed E-state index contributed by atoms with van der Waals surface area (Å²) in [6, 6.07) is 0. The van der Waals surface area contributed by atoms with Crippen molar-refractivity contribution in [1.82, 2.24) is 0 Å². The molecule has 0 aromatic carbocycles. The van der Waals surface area contributed by atoms with Crippen LogP contribution in [0.3, 0.4) is 0 Å². The molecule has 1 rings (SSSR count). The summed E-state index contributed by atoms with van der Waals surface area (Å²) >= 11 is 0. The average molecular weight is 236 g/mol. The Morgan fingerprint density at radius 1 is 1.47 bits per heavy atom. The second-order valence-electron chi connectivity index (χ2n) is 4.43. The number of nitrogens with two attached hydrogens (primary N) is 1. The monoisotopic (exact) mass is 235 g/mol. The summed E-state index contributed by atoms with van der Waals surface area (Å²) in [7, 11) is 0. The topological polar surface area (TPSA) is 63.3 Å². The lowest BCUT2D eigenvalue weighted by Gasteiger charge is -2.31. The van der Waals surface area contributed by atoms with E-state index in [4.69, 9.17) is 5.73 Å². The Morgan fingerprint density at radius 2 is 2.00 bits per heavy atom. The first-order valence-electron chi connectivity index (χ1n) is 5.63. The Kier molecular flexibility index (Phi) is 6.22. The van der Waals surface area contributed by atoms with E-state index >= 15 is 0 Å². The molecule has 4 heteroatoms. The molecule has 0 aromatic rings. The van der Waals surface area contributed by atoms with Crippen LogP contribution in [-0.2, 0) is 4.79 Å². The van der Waals surface area contributed by atoms with Gasteiger partial charge >= 0.3 is 5.97 Å². The lowest BCUT2D eigenvalue weighted by Crippen LogP contribution is -2.53. The molecule has 0 aromatic heterocycles. The van der Waals surface area contributed by atoms with E-state index in [1.165, 1.54) is 0 Å². The molecular formula is C11H22ClNO2. The highest BCUT2D eigenvalue weighted by atomic mass is 35.5. The van der Waals surface area contributed by atoms with Gasteiger partial charge < -0.3 is 10.8 Å². The molecular weight excluding hydrogens is 214 g/mol. The molecule has 0 heterocycles. The highest BCUT2D eigenvalue weighted by Crippen LogP contribution is 2.35. The Morgan fingerprint density at radius 3 is 2.40 bits per heavy atom. The molecule has 3 N–H and O–H groups in total. The SMILES string of the molecule is CCCCC(N)(C(=O)O)C1CCCC1.Cl. The van der Waals surface area contributed by atoms with Crippen molar-refractivity contribution < 1.29 is 9.90 Å². The molecule has 0 saturated heterocycles. The summed E-state index contributed by atoms with van der Waals surface area (Å²) in [6.45, 7) is 2.07.